The van der Waals surface area contributed by atoms with Crippen LogP contribution in [0.2, 0.25) is 0 Å². The van der Waals surface area contributed by atoms with Gasteiger partial charge in [0, 0.05) is 58.7 Å². The molecule has 0 unspecified atom stereocenters. The molecule has 0 saturated carbocycles. The van der Waals surface area contributed by atoms with Crippen molar-refractivity contribution in [3.05, 3.63) is 23.9 Å². The number of piperazine rings is 1. The maximum Gasteiger partial charge on any atom is 0.191 e. The number of ether oxygens (including phenoxy) is 1. The predicted molar refractivity (Wildman–Crippen MR) is 112 cm³/mol. The van der Waals surface area contributed by atoms with Gasteiger partial charge in [0.1, 0.15) is 5.82 Å². The van der Waals surface area contributed by atoms with Crippen LogP contribution >= 0.6 is 0 Å². The third-order valence-electron chi connectivity index (χ3n) is 4.61. The van der Waals surface area contributed by atoms with Crippen molar-refractivity contribution in [1.29, 1.82) is 0 Å². The van der Waals surface area contributed by atoms with Gasteiger partial charge in [-0.05, 0) is 45.4 Å². The molecule has 2 rings (SSSR count). The monoisotopic (exact) mass is 376 g/mol. The van der Waals surface area contributed by atoms with Crippen molar-refractivity contribution in [1.82, 2.24) is 20.5 Å². The molecule has 1 aromatic heterocycles. The fraction of sp³-hybridized carbons (Fsp3) is 0.700. The fourth-order valence-corrected chi connectivity index (χ4v) is 2.93. The molecule has 7 heteroatoms. The molecular formula is C20H36N6O. The Kier molecular flexibility index (Phi) is 9.94. The SMILES string of the molecule is CCNC(=NCc1ccc(N2CCN(C)CC2)nc1)NCCCCOCC. The molecule has 1 saturated heterocycles. The zero-order valence-electron chi connectivity index (χ0n) is 17.2. The van der Waals surface area contributed by atoms with E-state index in [2.05, 4.69) is 56.5 Å². The lowest BCUT2D eigenvalue weighted by atomic mass is 10.2. The van der Waals surface area contributed by atoms with Gasteiger partial charge in [-0.2, -0.15) is 0 Å². The molecule has 1 fully saturated rings. The Bertz CT molecular complexity index is 540. The van der Waals surface area contributed by atoms with E-state index in [0.717, 1.165) is 82.7 Å². The number of guanidine groups is 1. The molecule has 152 valence electrons. The standard InChI is InChI=1S/C20H36N6O/c1-4-21-20(22-10-6-7-15-27-5-2)24-17-18-8-9-19(23-16-18)26-13-11-25(3)12-14-26/h8-9,16H,4-7,10-15,17H2,1-3H3,(H2,21,22,24). The van der Waals surface area contributed by atoms with E-state index < -0.39 is 0 Å². The molecule has 1 aliphatic rings. The average Bonchev–Trinajstić information content (AvgIpc) is 2.70. The molecule has 0 amide bonds. The van der Waals surface area contributed by atoms with Crippen LogP contribution in [0.4, 0.5) is 5.82 Å². The minimum Gasteiger partial charge on any atom is -0.382 e. The highest BCUT2D eigenvalue weighted by molar-refractivity contribution is 5.79. The molecule has 1 aromatic rings. The van der Waals surface area contributed by atoms with E-state index in [1.54, 1.807) is 0 Å². The Morgan fingerprint density at radius 1 is 1.15 bits per heavy atom. The smallest absolute Gasteiger partial charge is 0.191 e. The second-order valence-electron chi connectivity index (χ2n) is 6.84. The van der Waals surface area contributed by atoms with Gasteiger partial charge in [0.2, 0.25) is 0 Å². The molecule has 2 heterocycles. The van der Waals surface area contributed by atoms with Gasteiger partial charge < -0.3 is 25.2 Å². The maximum atomic E-state index is 5.37. The summed E-state index contributed by atoms with van der Waals surface area (Å²) in [5.74, 6) is 1.92. The quantitative estimate of drug-likeness (QED) is 0.368. The molecule has 0 bridgehead atoms. The number of rotatable bonds is 10. The molecule has 0 atom stereocenters. The van der Waals surface area contributed by atoms with E-state index >= 15 is 0 Å². The lowest BCUT2D eigenvalue weighted by molar-refractivity contribution is 0.143. The zero-order valence-corrected chi connectivity index (χ0v) is 17.2. The van der Waals surface area contributed by atoms with Crippen LogP contribution in [0.3, 0.4) is 0 Å². The highest BCUT2D eigenvalue weighted by Crippen LogP contribution is 2.14. The lowest BCUT2D eigenvalue weighted by Crippen LogP contribution is -2.44. The van der Waals surface area contributed by atoms with Crippen molar-refractivity contribution in [3.8, 4) is 0 Å². The number of nitrogens with zero attached hydrogens (tertiary/aromatic N) is 4. The van der Waals surface area contributed by atoms with Crippen LogP contribution in [0.15, 0.2) is 23.3 Å². The third-order valence-corrected chi connectivity index (χ3v) is 4.61. The summed E-state index contributed by atoms with van der Waals surface area (Å²) in [6.45, 7) is 12.4. The third kappa shape index (κ3) is 8.13. The number of likely N-dealkylation sites (N-methyl/N-ethyl adjacent to an activating group) is 1. The topological polar surface area (TPSA) is 65.0 Å². The first-order valence-electron chi connectivity index (χ1n) is 10.2. The van der Waals surface area contributed by atoms with Crippen LogP contribution in [-0.2, 0) is 11.3 Å². The molecule has 1 aliphatic heterocycles. The van der Waals surface area contributed by atoms with Gasteiger partial charge in [0.15, 0.2) is 5.96 Å². The fourth-order valence-electron chi connectivity index (χ4n) is 2.93. The second-order valence-corrected chi connectivity index (χ2v) is 6.84. The van der Waals surface area contributed by atoms with Gasteiger partial charge in [-0.25, -0.2) is 9.98 Å². The highest BCUT2D eigenvalue weighted by Gasteiger charge is 2.14. The number of hydrogen-bond acceptors (Lipinski definition) is 5. The van der Waals surface area contributed by atoms with Crippen LogP contribution in [0.1, 0.15) is 32.3 Å². The Labute approximate surface area is 164 Å². The van der Waals surface area contributed by atoms with E-state index in [0.29, 0.717) is 6.54 Å². The molecule has 0 aliphatic carbocycles. The minimum absolute atomic E-state index is 0.629. The summed E-state index contributed by atoms with van der Waals surface area (Å²) >= 11 is 0. The van der Waals surface area contributed by atoms with Gasteiger partial charge in [0.05, 0.1) is 6.54 Å². The van der Waals surface area contributed by atoms with E-state index in [9.17, 15) is 0 Å². The number of aliphatic imine (C=N–C) groups is 1. The second kappa shape index (κ2) is 12.5. The lowest BCUT2D eigenvalue weighted by Gasteiger charge is -2.33. The number of anilines is 1. The largest absolute Gasteiger partial charge is 0.382 e. The van der Waals surface area contributed by atoms with Gasteiger partial charge in [-0.3, -0.25) is 0 Å². The van der Waals surface area contributed by atoms with Crippen LogP contribution in [0.25, 0.3) is 0 Å². The van der Waals surface area contributed by atoms with E-state index in [1.807, 2.05) is 13.1 Å². The molecule has 27 heavy (non-hydrogen) atoms. The van der Waals surface area contributed by atoms with Gasteiger partial charge in [-0.15, -0.1) is 0 Å². The van der Waals surface area contributed by atoms with Crippen LogP contribution in [-0.4, -0.2) is 75.4 Å². The van der Waals surface area contributed by atoms with E-state index in [1.165, 1.54) is 0 Å². The molecule has 2 N–H and O–H groups in total. The Morgan fingerprint density at radius 2 is 1.96 bits per heavy atom. The van der Waals surface area contributed by atoms with Crippen molar-refractivity contribution in [2.45, 2.75) is 33.2 Å². The number of hydrogen-bond donors (Lipinski definition) is 2. The van der Waals surface area contributed by atoms with Crippen molar-refractivity contribution < 1.29 is 4.74 Å². The molecular weight excluding hydrogens is 340 g/mol. The first kappa shape index (κ1) is 21.4. The maximum absolute atomic E-state index is 5.37. The zero-order chi connectivity index (χ0) is 19.3. The molecule has 7 nitrogen and oxygen atoms in total. The number of unbranched alkanes of at least 4 members (excludes halogenated alkanes) is 1. The first-order chi connectivity index (χ1) is 13.2. The van der Waals surface area contributed by atoms with Crippen molar-refractivity contribution in [2.75, 3.05) is 64.4 Å². The summed E-state index contributed by atoms with van der Waals surface area (Å²) in [5.41, 5.74) is 1.13. The Morgan fingerprint density at radius 3 is 2.63 bits per heavy atom. The number of pyridine rings is 1. The van der Waals surface area contributed by atoms with Gasteiger partial charge in [0.25, 0.3) is 0 Å². The summed E-state index contributed by atoms with van der Waals surface area (Å²) in [6, 6.07) is 4.25. The summed E-state index contributed by atoms with van der Waals surface area (Å²) in [5, 5.41) is 6.68. The van der Waals surface area contributed by atoms with Crippen LogP contribution in [0, 0.1) is 0 Å². The summed E-state index contributed by atoms with van der Waals surface area (Å²) < 4.78 is 5.37. The van der Waals surface area contributed by atoms with Crippen LogP contribution in [0.5, 0.6) is 0 Å². The summed E-state index contributed by atoms with van der Waals surface area (Å²) in [6.07, 6.45) is 4.09. The normalized spacial score (nSPS) is 15.8. The van der Waals surface area contributed by atoms with Crippen LogP contribution < -0.4 is 15.5 Å². The Hall–Kier alpha value is -1.86. The number of nitrogens with one attached hydrogen (secondary N) is 2. The molecule has 0 radical (unpaired) electrons. The van der Waals surface area contributed by atoms with E-state index in [-0.39, 0.29) is 0 Å². The summed E-state index contributed by atoms with van der Waals surface area (Å²) in [7, 11) is 2.17. The molecule has 0 spiro atoms. The predicted octanol–water partition coefficient (Wildman–Crippen LogP) is 1.71. The van der Waals surface area contributed by atoms with Crippen molar-refractivity contribution in [2.24, 2.45) is 4.99 Å². The number of aromatic nitrogens is 1. The average molecular weight is 377 g/mol. The van der Waals surface area contributed by atoms with Gasteiger partial charge >= 0.3 is 0 Å². The molecule has 0 aromatic carbocycles. The van der Waals surface area contributed by atoms with E-state index in [4.69, 9.17) is 4.74 Å². The first-order valence-corrected chi connectivity index (χ1v) is 10.2. The summed E-state index contributed by atoms with van der Waals surface area (Å²) in [4.78, 5) is 14.0. The Balaban J connectivity index is 1.78. The minimum atomic E-state index is 0.629. The van der Waals surface area contributed by atoms with Crippen molar-refractivity contribution >= 4 is 11.8 Å². The highest BCUT2D eigenvalue weighted by atomic mass is 16.5. The van der Waals surface area contributed by atoms with Gasteiger partial charge in [-0.1, -0.05) is 6.07 Å². The van der Waals surface area contributed by atoms with Crippen molar-refractivity contribution in [3.63, 3.8) is 0 Å².